The summed E-state index contributed by atoms with van der Waals surface area (Å²) in [6.45, 7) is 0. The van der Waals surface area contributed by atoms with Gasteiger partial charge in [-0.2, -0.15) is 0 Å². The molecule has 0 atom stereocenters. The van der Waals surface area contributed by atoms with E-state index in [1.54, 1.807) is 48.5 Å². The van der Waals surface area contributed by atoms with E-state index in [1.165, 1.54) is 0 Å². The lowest BCUT2D eigenvalue weighted by Crippen LogP contribution is -2.01. The summed E-state index contributed by atoms with van der Waals surface area (Å²) >= 11 is 3.30. The zero-order valence-electron chi connectivity index (χ0n) is 12.0. The average molecular weight is 389 g/mol. The second kappa shape index (κ2) is 6.56. The minimum atomic E-state index is -3.52. The Bertz CT molecular complexity index is 887. The summed E-state index contributed by atoms with van der Waals surface area (Å²) < 4.78 is 31.6. The van der Waals surface area contributed by atoms with Crippen LogP contribution in [0.4, 0.5) is 0 Å². The van der Waals surface area contributed by atoms with Crippen molar-refractivity contribution in [2.24, 2.45) is 0 Å². The SMILES string of the molecule is O=S(=O)(c1ccc(Br)cc1)c1ccc(Oc2ccccc2)cc1. The van der Waals surface area contributed by atoms with Gasteiger partial charge in [0.15, 0.2) is 0 Å². The molecule has 0 bridgehead atoms. The van der Waals surface area contributed by atoms with Gasteiger partial charge in [0.2, 0.25) is 9.84 Å². The van der Waals surface area contributed by atoms with Crippen LogP contribution in [0.15, 0.2) is 93.1 Å². The maximum atomic E-state index is 12.6. The summed E-state index contributed by atoms with van der Waals surface area (Å²) in [7, 11) is -3.52. The number of hydrogen-bond donors (Lipinski definition) is 0. The maximum Gasteiger partial charge on any atom is 0.206 e. The van der Waals surface area contributed by atoms with Crippen LogP contribution in [0.5, 0.6) is 11.5 Å². The first kappa shape index (κ1) is 15.8. The molecule has 3 rings (SSSR count). The first-order valence-electron chi connectivity index (χ1n) is 6.89. The summed E-state index contributed by atoms with van der Waals surface area (Å²) in [5, 5.41) is 0. The van der Waals surface area contributed by atoms with Gasteiger partial charge < -0.3 is 4.74 Å². The van der Waals surface area contributed by atoms with Gasteiger partial charge in [-0.25, -0.2) is 8.42 Å². The predicted molar refractivity (Wildman–Crippen MR) is 92.6 cm³/mol. The molecule has 0 aliphatic heterocycles. The van der Waals surface area contributed by atoms with Gasteiger partial charge in [0.1, 0.15) is 11.5 Å². The van der Waals surface area contributed by atoms with Crippen LogP contribution in [0, 0.1) is 0 Å². The highest BCUT2D eigenvalue weighted by Gasteiger charge is 2.17. The fourth-order valence-corrected chi connectivity index (χ4v) is 3.59. The fraction of sp³-hybridized carbons (Fsp3) is 0. The number of hydrogen-bond acceptors (Lipinski definition) is 3. The first-order valence-corrected chi connectivity index (χ1v) is 9.17. The van der Waals surface area contributed by atoms with E-state index in [9.17, 15) is 8.42 Å². The van der Waals surface area contributed by atoms with Crippen molar-refractivity contribution < 1.29 is 13.2 Å². The second-order valence-corrected chi connectivity index (χ2v) is 7.71. The van der Waals surface area contributed by atoms with Gasteiger partial charge in [0.05, 0.1) is 9.79 Å². The van der Waals surface area contributed by atoms with Crippen LogP contribution >= 0.6 is 15.9 Å². The van der Waals surface area contributed by atoms with Crippen LogP contribution < -0.4 is 4.74 Å². The van der Waals surface area contributed by atoms with Gasteiger partial charge in [0, 0.05) is 4.47 Å². The average Bonchev–Trinajstić information content (AvgIpc) is 2.57. The van der Waals surface area contributed by atoms with Gasteiger partial charge >= 0.3 is 0 Å². The van der Waals surface area contributed by atoms with Gasteiger partial charge in [-0.05, 0) is 60.7 Å². The molecule has 116 valence electrons. The minimum Gasteiger partial charge on any atom is -0.457 e. The first-order chi connectivity index (χ1) is 11.1. The number of ether oxygens (including phenoxy) is 1. The van der Waals surface area contributed by atoms with Crippen molar-refractivity contribution in [1.29, 1.82) is 0 Å². The molecule has 0 heterocycles. The van der Waals surface area contributed by atoms with E-state index >= 15 is 0 Å². The summed E-state index contributed by atoms with van der Waals surface area (Å²) in [5.41, 5.74) is 0. The number of rotatable bonds is 4. The van der Waals surface area contributed by atoms with Crippen LogP contribution in [0.25, 0.3) is 0 Å². The Morgan fingerprint density at radius 2 is 1.13 bits per heavy atom. The van der Waals surface area contributed by atoms with Gasteiger partial charge in [0.25, 0.3) is 0 Å². The molecule has 0 fully saturated rings. The van der Waals surface area contributed by atoms with Crippen LogP contribution in [0.1, 0.15) is 0 Å². The highest BCUT2D eigenvalue weighted by molar-refractivity contribution is 9.10. The number of benzene rings is 3. The van der Waals surface area contributed by atoms with Gasteiger partial charge in [-0.3, -0.25) is 0 Å². The quantitative estimate of drug-likeness (QED) is 0.626. The monoisotopic (exact) mass is 388 g/mol. The molecule has 3 aromatic carbocycles. The van der Waals surface area contributed by atoms with Crippen LogP contribution in [-0.4, -0.2) is 8.42 Å². The molecule has 0 saturated heterocycles. The Balaban J connectivity index is 1.85. The van der Waals surface area contributed by atoms with E-state index in [-0.39, 0.29) is 9.79 Å². The second-order valence-electron chi connectivity index (χ2n) is 4.84. The lowest BCUT2D eigenvalue weighted by molar-refractivity contribution is 0.482. The zero-order chi connectivity index (χ0) is 16.3. The smallest absolute Gasteiger partial charge is 0.206 e. The maximum absolute atomic E-state index is 12.6. The van der Waals surface area contributed by atoms with E-state index in [0.717, 1.165) is 4.47 Å². The molecule has 3 aromatic rings. The standard InChI is InChI=1S/C18H13BrO3S/c19-14-6-10-17(11-7-14)23(20,21)18-12-8-16(9-13-18)22-15-4-2-1-3-5-15/h1-13H. The van der Waals surface area contributed by atoms with E-state index < -0.39 is 9.84 Å². The number of para-hydroxylation sites is 1. The van der Waals surface area contributed by atoms with Crippen LogP contribution in [-0.2, 0) is 9.84 Å². The van der Waals surface area contributed by atoms with Gasteiger partial charge in [-0.15, -0.1) is 0 Å². The Kier molecular flexibility index (Phi) is 4.50. The third-order valence-electron chi connectivity index (χ3n) is 3.24. The fourth-order valence-electron chi connectivity index (χ4n) is 2.06. The van der Waals surface area contributed by atoms with Gasteiger partial charge in [-0.1, -0.05) is 34.1 Å². The predicted octanol–water partition coefficient (Wildman–Crippen LogP) is 5.07. The topological polar surface area (TPSA) is 43.4 Å². The van der Waals surface area contributed by atoms with E-state index in [4.69, 9.17) is 4.74 Å². The molecule has 0 unspecified atom stereocenters. The molecule has 0 radical (unpaired) electrons. The van der Waals surface area contributed by atoms with Crippen molar-refractivity contribution in [3.8, 4) is 11.5 Å². The Labute approximate surface area is 143 Å². The molecular formula is C18H13BrO3S. The van der Waals surface area contributed by atoms with E-state index in [0.29, 0.717) is 11.5 Å². The highest BCUT2D eigenvalue weighted by atomic mass is 79.9. The van der Waals surface area contributed by atoms with E-state index in [2.05, 4.69) is 15.9 Å². The molecule has 3 nitrogen and oxygen atoms in total. The molecule has 0 aliphatic carbocycles. The Hall–Kier alpha value is -2.11. The molecule has 0 aliphatic rings. The zero-order valence-corrected chi connectivity index (χ0v) is 14.4. The van der Waals surface area contributed by atoms with Crippen molar-refractivity contribution in [2.75, 3.05) is 0 Å². The normalized spacial score (nSPS) is 11.2. The van der Waals surface area contributed by atoms with Crippen molar-refractivity contribution in [3.63, 3.8) is 0 Å². The third kappa shape index (κ3) is 3.63. The summed E-state index contributed by atoms with van der Waals surface area (Å²) in [4.78, 5) is 0.498. The van der Waals surface area contributed by atoms with Crippen LogP contribution in [0.3, 0.4) is 0 Å². The van der Waals surface area contributed by atoms with Crippen molar-refractivity contribution >= 4 is 25.8 Å². The summed E-state index contributed by atoms with van der Waals surface area (Å²) in [6, 6.07) is 22.3. The largest absolute Gasteiger partial charge is 0.457 e. The summed E-state index contributed by atoms with van der Waals surface area (Å²) in [6.07, 6.45) is 0. The lowest BCUT2D eigenvalue weighted by atomic mass is 10.3. The number of halogens is 1. The summed E-state index contributed by atoms with van der Waals surface area (Å²) in [5.74, 6) is 1.29. The highest BCUT2D eigenvalue weighted by Crippen LogP contribution is 2.26. The molecule has 0 saturated carbocycles. The third-order valence-corrected chi connectivity index (χ3v) is 5.55. The Morgan fingerprint density at radius 3 is 1.70 bits per heavy atom. The van der Waals surface area contributed by atoms with Crippen molar-refractivity contribution in [2.45, 2.75) is 9.79 Å². The van der Waals surface area contributed by atoms with Crippen molar-refractivity contribution in [3.05, 3.63) is 83.3 Å². The molecule has 5 heteroatoms. The Morgan fingerprint density at radius 1 is 0.652 bits per heavy atom. The minimum absolute atomic E-state index is 0.236. The molecular weight excluding hydrogens is 376 g/mol. The molecule has 23 heavy (non-hydrogen) atoms. The lowest BCUT2D eigenvalue weighted by Gasteiger charge is -2.08. The molecule has 0 amide bonds. The number of sulfone groups is 1. The van der Waals surface area contributed by atoms with E-state index in [1.807, 2.05) is 30.3 Å². The molecule has 0 N–H and O–H groups in total. The molecule has 0 aromatic heterocycles. The molecule has 0 spiro atoms. The van der Waals surface area contributed by atoms with Crippen LogP contribution in [0.2, 0.25) is 0 Å². The van der Waals surface area contributed by atoms with Crippen molar-refractivity contribution in [1.82, 2.24) is 0 Å².